The molecule has 23 heavy (non-hydrogen) atoms. The summed E-state index contributed by atoms with van der Waals surface area (Å²) in [5.74, 6) is 0.545. The van der Waals surface area contributed by atoms with Gasteiger partial charge >= 0.3 is 5.97 Å². The van der Waals surface area contributed by atoms with Gasteiger partial charge in [0.25, 0.3) is 0 Å². The lowest BCUT2D eigenvalue weighted by Crippen LogP contribution is -2.35. The second-order valence-electron chi connectivity index (χ2n) is 5.31. The molecular formula is C18H27NO4. The van der Waals surface area contributed by atoms with Crippen LogP contribution in [0.5, 0.6) is 5.75 Å². The van der Waals surface area contributed by atoms with Gasteiger partial charge in [-0.3, -0.25) is 9.59 Å². The number of esters is 1. The van der Waals surface area contributed by atoms with E-state index in [1.165, 1.54) is 7.11 Å². The third-order valence-electron chi connectivity index (χ3n) is 3.54. The Bertz CT molecular complexity index is 484. The van der Waals surface area contributed by atoms with E-state index in [2.05, 4.69) is 11.7 Å². The highest BCUT2D eigenvalue weighted by molar-refractivity contribution is 5.79. The van der Waals surface area contributed by atoms with Crippen LogP contribution in [0.2, 0.25) is 0 Å². The minimum Gasteiger partial charge on any atom is -0.494 e. The minimum atomic E-state index is -0.291. The topological polar surface area (TPSA) is 55.8 Å². The van der Waals surface area contributed by atoms with Crippen LogP contribution in [0.4, 0.5) is 0 Å². The molecule has 0 aliphatic heterocycles. The fraction of sp³-hybridized carbons (Fsp3) is 0.556. The number of nitrogens with zero attached hydrogens (tertiary/aromatic N) is 1. The van der Waals surface area contributed by atoms with Crippen LogP contribution in [0.25, 0.3) is 0 Å². The van der Waals surface area contributed by atoms with Crippen LogP contribution in [0.3, 0.4) is 0 Å². The van der Waals surface area contributed by atoms with Crippen molar-refractivity contribution >= 4 is 11.9 Å². The van der Waals surface area contributed by atoms with Gasteiger partial charge in [0.1, 0.15) is 5.75 Å². The van der Waals surface area contributed by atoms with E-state index in [0.717, 1.165) is 24.2 Å². The van der Waals surface area contributed by atoms with Gasteiger partial charge in [-0.1, -0.05) is 25.5 Å². The molecule has 0 aliphatic carbocycles. The standard InChI is InChI=1S/C18H27NO4/c1-4-6-12-19(13-11-18(21)22-3)17(20)14-15-7-9-16(10-8-15)23-5-2/h7-10H,4-6,11-14H2,1-3H3. The predicted octanol–water partition coefficient (Wildman–Crippen LogP) is 2.82. The number of ether oxygens (including phenoxy) is 2. The summed E-state index contributed by atoms with van der Waals surface area (Å²) in [5.41, 5.74) is 0.943. The molecule has 0 aliphatic rings. The van der Waals surface area contributed by atoms with E-state index in [1.54, 1.807) is 4.90 Å². The Hall–Kier alpha value is -2.04. The molecule has 5 nitrogen and oxygen atoms in total. The predicted molar refractivity (Wildman–Crippen MR) is 89.4 cm³/mol. The van der Waals surface area contributed by atoms with Crippen molar-refractivity contribution in [2.75, 3.05) is 26.8 Å². The Kier molecular flexibility index (Phi) is 8.80. The molecule has 0 saturated carbocycles. The second-order valence-corrected chi connectivity index (χ2v) is 5.31. The lowest BCUT2D eigenvalue weighted by molar-refractivity contribution is -0.141. The molecule has 128 valence electrons. The third kappa shape index (κ3) is 7.17. The molecule has 5 heteroatoms. The maximum absolute atomic E-state index is 12.5. The van der Waals surface area contributed by atoms with Crippen LogP contribution < -0.4 is 4.74 Å². The van der Waals surface area contributed by atoms with E-state index in [0.29, 0.717) is 26.1 Å². The first-order valence-electron chi connectivity index (χ1n) is 8.17. The first-order valence-corrected chi connectivity index (χ1v) is 8.17. The van der Waals surface area contributed by atoms with E-state index >= 15 is 0 Å². The van der Waals surface area contributed by atoms with Gasteiger partial charge in [-0.15, -0.1) is 0 Å². The van der Waals surface area contributed by atoms with Gasteiger partial charge in [0, 0.05) is 13.1 Å². The van der Waals surface area contributed by atoms with Crippen molar-refractivity contribution in [1.29, 1.82) is 0 Å². The highest BCUT2D eigenvalue weighted by Gasteiger charge is 2.15. The Morgan fingerprint density at radius 3 is 2.35 bits per heavy atom. The van der Waals surface area contributed by atoms with Gasteiger partial charge in [0.2, 0.25) is 5.91 Å². The molecule has 0 atom stereocenters. The van der Waals surface area contributed by atoms with E-state index in [4.69, 9.17) is 4.74 Å². The zero-order valence-electron chi connectivity index (χ0n) is 14.3. The van der Waals surface area contributed by atoms with Crippen molar-refractivity contribution in [3.63, 3.8) is 0 Å². The first-order chi connectivity index (χ1) is 11.1. The number of hydrogen-bond donors (Lipinski definition) is 0. The third-order valence-corrected chi connectivity index (χ3v) is 3.54. The Morgan fingerprint density at radius 1 is 1.09 bits per heavy atom. The summed E-state index contributed by atoms with van der Waals surface area (Å²) < 4.78 is 10.0. The van der Waals surface area contributed by atoms with E-state index in [-0.39, 0.29) is 18.3 Å². The van der Waals surface area contributed by atoms with Crippen molar-refractivity contribution < 1.29 is 19.1 Å². The van der Waals surface area contributed by atoms with Crippen LogP contribution in [0.1, 0.15) is 38.7 Å². The Balaban J connectivity index is 2.61. The molecule has 0 bridgehead atoms. The fourth-order valence-electron chi connectivity index (χ4n) is 2.20. The largest absolute Gasteiger partial charge is 0.494 e. The molecular weight excluding hydrogens is 294 g/mol. The number of rotatable bonds is 10. The molecule has 0 heterocycles. The second kappa shape index (κ2) is 10.6. The molecule has 1 aromatic rings. The molecule has 1 aromatic carbocycles. The zero-order valence-corrected chi connectivity index (χ0v) is 14.3. The minimum absolute atomic E-state index is 0.0338. The summed E-state index contributed by atoms with van der Waals surface area (Å²) in [6.45, 7) is 5.71. The summed E-state index contributed by atoms with van der Waals surface area (Å²) >= 11 is 0. The SMILES string of the molecule is CCCCN(CCC(=O)OC)C(=O)Cc1ccc(OCC)cc1. The van der Waals surface area contributed by atoms with Crippen LogP contribution in [-0.4, -0.2) is 43.6 Å². The van der Waals surface area contributed by atoms with E-state index in [9.17, 15) is 9.59 Å². The van der Waals surface area contributed by atoms with Crippen LogP contribution in [-0.2, 0) is 20.7 Å². The van der Waals surface area contributed by atoms with Crippen molar-refractivity contribution in [2.45, 2.75) is 39.5 Å². The number of carbonyl (C=O) groups is 2. The number of amides is 1. The van der Waals surface area contributed by atoms with Gasteiger partial charge < -0.3 is 14.4 Å². The number of unbranched alkanes of at least 4 members (excludes halogenated alkanes) is 1. The molecule has 0 N–H and O–H groups in total. The highest BCUT2D eigenvalue weighted by atomic mass is 16.5. The molecule has 0 unspecified atom stereocenters. The number of methoxy groups -OCH3 is 1. The molecule has 0 spiro atoms. The first kappa shape index (κ1) is 19.0. The van der Waals surface area contributed by atoms with Gasteiger partial charge in [0.05, 0.1) is 26.6 Å². The van der Waals surface area contributed by atoms with Crippen molar-refractivity contribution in [3.05, 3.63) is 29.8 Å². The summed E-state index contributed by atoms with van der Waals surface area (Å²) in [4.78, 5) is 25.5. The quantitative estimate of drug-likeness (QED) is 0.622. The van der Waals surface area contributed by atoms with Crippen LogP contribution >= 0.6 is 0 Å². The molecule has 1 rings (SSSR count). The smallest absolute Gasteiger partial charge is 0.307 e. The normalized spacial score (nSPS) is 10.2. The van der Waals surface area contributed by atoms with Gasteiger partial charge in [-0.05, 0) is 31.0 Å². The summed E-state index contributed by atoms with van der Waals surface area (Å²) in [7, 11) is 1.36. The average molecular weight is 321 g/mol. The maximum atomic E-state index is 12.5. The molecule has 0 radical (unpaired) electrons. The Morgan fingerprint density at radius 2 is 1.78 bits per heavy atom. The number of benzene rings is 1. The number of hydrogen-bond acceptors (Lipinski definition) is 4. The molecule has 0 aromatic heterocycles. The van der Waals surface area contributed by atoms with Gasteiger partial charge in [0.15, 0.2) is 0 Å². The fourth-order valence-corrected chi connectivity index (χ4v) is 2.20. The Labute approximate surface area is 138 Å². The van der Waals surface area contributed by atoms with Crippen LogP contribution in [0.15, 0.2) is 24.3 Å². The molecule has 1 amide bonds. The number of carbonyl (C=O) groups excluding carboxylic acids is 2. The van der Waals surface area contributed by atoms with E-state index in [1.807, 2.05) is 31.2 Å². The summed E-state index contributed by atoms with van der Waals surface area (Å²) in [6, 6.07) is 7.55. The summed E-state index contributed by atoms with van der Waals surface area (Å²) in [5, 5.41) is 0. The summed E-state index contributed by atoms with van der Waals surface area (Å²) in [6.07, 6.45) is 2.49. The highest BCUT2D eigenvalue weighted by Crippen LogP contribution is 2.13. The van der Waals surface area contributed by atoms with Gasteiger partial charge in [-0.25, -0.2) is 0 Å². The van der Waals surface area contributed by atoms with Crippen molar-refractivity contribution in [1.82, 2.24) is 4.90 Å². The van der Waals surface area contributed by atoms with Crippen LogP contribution in [0, 0.1) is 0 Å². The van der Waals surface area contributed by atoms with Gasteiger partial charge in [-0.2, -0.15) is 0 Å². The molecule has 0 fully saturated rings. The lowest BCUT2D eigenvalue weighted by Gasteiger charge is -2.22. The monoisotopic (exact) mass is 321 g/mol. The zero-order chi connectivity index (χ0) is 17.1. The average Bonchev–Trinajstić information content (AvgIpc) is 2.56. The maximum Gasteiger partial charge on any atom is 0.307 e. The van der Waals surface area contributed by atoms with Crippen molar-refractivity contribution in [2.24, 2.45) is 0 Å². The molecule has 0 saturated heterocycles. The lowest BCUT2D eigenvalue weighted by atomic mass is 10.1. The van der Waals surface area contributed by atoms with E-state index < -0.39 is 0 Å². The van der Waals surface area contributed by atoms with Crippen molar-refractivity contribution in [3.8, 4) is 5.75 Å².